The van der Waals surface area contributed by atoms with Crippen molar-refractivity contribution < 1.29 is 9.53 Å². The summed E-state index contributed by atoms with van der Waals surface area (Å²) in [4.78, 5) is 13.5. The second-order valence-corrected chi connectivity index (χ2v) is 3.39. The number of carbonyl (C=O) groups excluding carboxylic acids is 1. The van der Waals surface area contributed by atoms with E-state index in [-0.39, 0.29) is 17.8 Å². The van der Waals surface area contributed by atoms with Crippen molar-refractivity contribution in [3.8, 4) is 0 Å². The van der Waals surface area contributed by atoms with E-state index in [4.69, 9.17) is 4.74 Å². The van der Waals surface area contributed by atoms with Crippen LogP contribution < -0.4 is 0 Å². The van der Waals surface area contributed by atoms with Gasteiger partial charge in [-0.05, 0) is 11.6 Å². The Hall–Kier alpha value is -1.50. The van der Waals surface area contributed by atoms with Crippen molar-refractivity contribution in [3.05, 3.63) is 5.82 Å². The van der Waals surface area contributed by atoms with E-state index in [0.717, 1.165) is 6.42 Å². The molecule has 0 saturated carbocycles. The number of amides is 1. The summed E-state index contributed by atoms with van der Waals surface area (Å²) < 4.78 is 5.47. The van der Waals surface area contributed by atoms with Crippen molar-refractivity contribution >= 4 is 5.91 Å². The van der Waals surface area contributed by atoms with E-state index in [9.17, 15) is 4.79 Å². The Kier molecular flexibility index (Phi) is 2.91. The molecule has 0 aliphatic carbocycles. The second-order valence-electron chi connectivity index (χ2n) is 3.39. The first-order valence-electron chi connectivity index (χ1n) is 4.95. The van der Waals surface area contributed by atoms with Crippen LogP contribution in [0.5, 0.6) is 0 Å². The summed E-state index contributed by atoms with van der Waals surface area (Å²) >= 11 is 0. The van der Waals surface area contributed by atoms with Crippen LogP contribution in [0, 0.1) is 0 Å². The van der Waals surface area contributed by atoms with Crippen molar-refractivity contribution in [2.45, 2.75) is 19.4 Å². The summed E-state index contributed by atoms with van der Waals surface area (Å²) in [5, 5.41) is 13.0. The fraction of sp³-hybridized carbons (Fsp3) is 0.750. The molecular weight excluding hydrogens is 198 g/mol. The normalized spacial score (nSPS) is 21.7. The molecule has 0 radical (unpaired) electrons. The minimum absolute atomic E-state index is 0.117. The third-order valence-electron chi connectivity index (χ3n) is 2.42. The molecule has 0 spiro atoms. The standard InChI is InChI=1S/C8H13N5O2/c1-2-6-5-13(3-4-15-6)8(14)7-9-11-12-10-7/h6H,2-5H2,1H3,(H,9,10,11,12). The summed E-state index contributed by atoms with van der Waals surface area (Å²) in [5.74, 6) is -0.0720. The molecule has 1 saturated heterocycles. The molecule has 1 amide bonds. The van der Waals surface area contributed by atoms with Gasteiger partial charge in [-0.2, -0.15) is 5.21 Å². The molecule has 82 valence electrons. The predicted molar refractivity (Wildman–Crippen MR) is 50.1 cm³/mol. The molecule has 1 aromatic heterocycles. The van der Waals surface area contributed by atoms with Crippen LogP contribution in [0.4, 0.5) is 0 Å². The van der Waals surface area contributed by atoms with Crippen LogP contribution in [0.1, 0.15) is 24.0 Å². The van der Waals surface area contributed by atoms with Gasteiger partial charge in [-0.1, -0.05) is 6.92 Å². The van der Waals surface area contributed by atoms with Crippen molar-refractivity contribution in [3.63, 3.8) is 0 Å². The van der Waals surface area contributed by atoms with E-state index < -0.39 is 0 Å². The van der Waals surface area contributed by atoms with Gasteiger partial charge >= 0.3 is 0 Å². The third kappa shape index (κ3) is 2.12. The topological polar surface area (TPSA) is 84.0 Å². The first-order valence-corrected chi connectivity index (χ1v) is 4.95. The molecule has 2 heterocycles. The van der Waals surface area contributed by atoms with E-state index >= 15 is 0 Å². The first kappa shape index (κ1) is 10.0. The Morgan fingerprint density at radius 3 is 3.27 bits per heavy atom. The number of aromatic amines is 1. The fourth-order valence-corrected chi connectivity index (χ4v) is 1.54. The van der Waals surface area contributed by atoms with E-state index in [1.54, 1.807) is 4.90 Å². The zero-order chi connectivity index (χ0) is 10.7. The highest BCUT2D eigenvalue weighted by Crippen LogP contribution is 2.09. The van der Waals surface area contributed by atoms with Gasteiger partial charge < -0.3 is 9.64 Å². The number of rotatable bonds is 2. The largest absolute Gasteiger partial charge is 0.375 e. The van der Waals surface area contributed by atoms with Gasteiger partial charge in [0, 0.05) is 13.1 Å². The molecule has 7 heteroatoms. The fourth-order valence-electron chi connectivity index (χ4n) is 1.54. The van der Waals surface area contributed by atoms with Gasteiger partial charge in [0.2, 0.25) is 0 Å². The number of nitrogens with zero attached hydrogens (tertiary/aromatic N) is 4. The molecule has 2 rings (SSSR count). The van der Waals surface area contributed by atoms with Crippen LogP contribution in [0.3, 0.4) is 0 Å². The number of aromatic nitrogens is 4. The Morgan fingerprint density at radius 2 is 2.60 bits per heavy atom. The van der Waals surface area contributed by atoms with Crippen molar-refractivity contribution in [2.24, 2.45) is 0 Å². The highest BCUT2D eigenvalue weighted by Gasteiger charge is 2.26. The SMILES string of the molecule is CCC1CN(C(=O)c2nn[nH]n2)CCO1. The average Bonchev–Trinajstić information content (AvgIpc) is 2.81. The number of tetrazole rings is 1. The second kappa shape index (κ2) is 4.35. The monoisotopic (exact) mass is 211 g/mol. The number of hydrogen-bond acceptors (Lipinski definition) is 5. The van der Waals surface area contributed by atoms with Crippen molar-refractivity contribution in [1.82, 2.24) is 25.5 Å². The van der Waals surface area contributed by atoms with Crippen LogP contribution >= 0.6 is 0 Å². The number of H-pyrrole nitrogens is 1. The number of morpholine rings is 1. The third-order valence-corrected chi connectivity index (χ3v) is 2.42. The lowest BCUT2D eigenvalue weighted by Crippen LogP contribution is -2.45. The Bertz CT molecular complexity index is 326. The summed E-state index contributed by atoms with van der Waals surface area (Å²) in [6.45, 7) is 3.79. The molecule has 1 aromatic rings. The van der Waals surface area contributed by atoms with Gasteiger partial charge in [0.25, 0.3) is 11.7 Å². The molecular formula is C8H13N5O2. The maximum Gasteiger partial charge on any atom is 0.295 e. The van der Waals surface area contributed by atoms with Gasteiger partial charge in [0.05, 0.1) is 12.7 Å². The van der Waals surface area contributed by atoms with E-state index in [0.29, 0.717) is 19.7 Å². The predicted octanol–water partition coefficient (Wildman–Crippen LogP) is -0.549. The summed E-state index contributed by atoms with van der Waals surface area (Å²) in [6.07, 6.45) is 1.02. The summed E-state index contributed by atoms with van der Waals surface area (Å²) in [5.41, 5.74) is 0. The average molecular weight is 211 g/mol. The van der Waals surface area contributed by atoms with E-state index in [1.807, 2.05) is 6.92 Å². The highest BCUT2D eigenvalue weighted by atomic mass is 16.5. The summed E-state index contributed by atoms with van der Waals surface area (Å²) in [7, 11) is 0. The number of carbonyl (C=O) groups is 1. The molecule has 15 heavy (non-hydrogen) atoms. The molecule has 0 aromatic carbocycles. The van der Waals surface area contributed by atoms with Crippen molar-refractivity contribution in [2.75, 3.05) is 19.7 Å². The highest BCUT2D eigenvalue weighted by molar-refractivity contribution is 5.90. The molecule has 0 bridgehead atoms. The van der Waals surface area contributed by atoms with Crippen molar-refractivity contribution in [1.29, 1.82) is 0 Å². The lowest BCUT2D eigenvalue weighted by Gasteiger charge is -2.31. The molecule has 1 unspecified atom stereocenters. The van der Waals surface area contributed by atoms with Gasteiger partial charge in [-0.25, -0.2) is 0 Å². The molecule has 1 atom stereocenters. The number of hydrogen-bond donors (Lipinski definition) is 1. The minimum atomic E-state index is -0.189. The number of nitrogens with one attached hydrogen (secondary N) is 1. The maximum atomic E-state index is 11.8. The van der Waals surface area contributed by atoms with Gasteiger partial charge in [0.1, 0.15) is 0 Å². The Morgan fingerprint density at radius 1 is 1.73 bits per heavy atom. The lowest BCUT2D eigenvalue weighted by atomic mass is 10.2. The zero-order valence-corrected chi connectivity index (χ0v) is 8.51. The van der Waals surface area contributed by atoms with Gasteiger partial charge in [-0.3, -0.25) is 4.79 Å². The Balaban J connectivity index is 2.01. The van der Waals surface area contributed by atoms with Crippen LogP contribution in [0.25, 0.3) is 0 Å². The van der Waals surface area contributed by atoms with Gasteiger partial charge in [-0.15, -0.1) is 10.2 Å². The quantitative estimate of drug-likeness (QED) is 0.709. The van der Waals surface area contributed by atoms with Gasteiger partial charge in [0.15, 0.2) is 0 Å². The summed E-state index contributed by atoms with van der Waals surface area (Å²) in [6, 6.07) is 0. The van der Waals surface area contributed by atoms with E-state index in [2.05, 4.69) is 20.6 Å². The molecule has 1 aliphatic rings. The van der Waals surface area contributed by atoms with Crippen LogP contribution in [0.2, 0.25) is 0 Å². The maximum absolute atomic E-state index is 11.8. The lowest BCUT2D eigenvalue weighted by molar-refractivity contribution is -0.0230. The van der Waals surface area contributed by atoms with Crippen LogP contribution in [0.15, 0.2) is 0 Å². The smallest absolute Gasteiger partial charge is 0.295 e. The number of ether oxygens (including phenoxy) is 1. The first-order chi connectivity index (χ1) is 7.31. The minimum Gasteiger partial charge on any atom is -0.375 e. The zero-order valence-electron chi connectivity index (χ0n) is 8.51. The molecule has 7 nitrogen and oxygen atoms in total. The van der Waals surface area contributed by atoms with E-state index in [1.165, 1.54) is 0 Å². The molecule has 1 aliphatic heterocycles. The Labute approximate surface area is 86.8 Å². The van der Waals surface area contributed by atoms with Crippen LogP contribution in [-0.2, 0) is 4.74 Å². The molecule has 1 fully saturated rings. The van der Waals surface area contributed by atoms with Crippen LogP contribution in [-0.4, -0.2) is 57.2 Å². The molecule has 1 N–H and O–H groups in total.